The smallest absolute Gasteiger partial charge is 0.331 e. The molecule has 0 spiro atoms. The van der Waals surface area contributed by atoms with Gasteiger partial charge in [-0.2, -0.15) is 0 Å². The number of rotatable bonds is 4. The Bertz CT molecular complexity index is 584. The van der Waals surface area contributed by atoms with Crippen molar-refractivity contribution in [2.75, 3.05) is 6.61 Å². The van der Waals surface area contributed by atoms with Gasteiger partial charge >= 0.3 is 5.97 Å². The van der Waals surface area contributed by atoms with Crippen molar-refractivity contribution < 1.29 is 19.1 Å². The van der Waals surface area contributed by atoms with Crippen molar-refractivity contribution in [3.8, 4) is 0 Å². The summed E-state index contributed by atoms with van der Waals surface area (Å²) in [5.74, 6) is -1.69. The van der Waals surface area contributed by atoms with E-state index < -0.39 is 24.4 Å². The van der Waals surface area contributed by atoms with E-state index in [0.717, 1.165) is 15.6 Å². The molecular weight excluding hydrogens is 340 g/mol. The van der Waals surface area contributed by atoms with Crippen LogP contribution in [0.5, 0.6) is 0 Å². The zero-order valence-corrected chi connectivity index (χ0v) is 13.2. The molecule has 0 aromatic heterocycles. The highest BCUT2D eigenvalue weighted by Gasteiger charge is 2.05. The number of esters is 1. The maximum absolute atomic E-state index is 11.4. The lowest BCUT2D eigenvalue weighted by atomic mass is 10.1. The van der Waals surface area contributed by atoms with Crippen LogP contribution in [-0.2, 0) is 19.1 Å². The number of hydrazine groups is 1. The van der Waals surface area contributed by atoms with Crippen molar-refractivity contribution in [1.29, 1.82) is 0 Å². The molecule has 0 bridgehead atoms. The Labute approximate surface area is 130 Å². The molecule has 6 nitrogen and oxygen atoms in total. The van der Waals surface area contributed by atoms with Crippen LogP contribution in [0.25, 0.3) is 6.08 Å². The number of halogens is 1. The summed E-state index contributed by atoms with van der Waals surface area (Å²) >= 11 is 3.39. The van der Waals surface area contributed by atoms with E-state index in [-0.39, 0.29) is 0 Å². The molecule has 0 aliphatic heterocycles. The number of carbonyl (C=O) groups excluding carboxylic acids is 3. The normalized spacial score (nSPS) is 10.2. The zero-order valence-electron chi connectivity index (χ0n) is 11.6. The molecule has 0 unspecified atom stereocenters. The number of benzene rings is 1. The maximum Gasteiger partial charge on any atom is 0.331 e. The molecule has 0 aliphatic rings. The number of hydrogen-bond donors (Lipinski definition) is 2. The molecule has 0 saturated heterocycles. The second-order valence-corrected chi connectivity index (χ2v) is 5.05. The monoisotopic (exact) mass is 354 g/mol. The Hall–Kier alpha value is -2.15. The SMILES string of the molecule is CC(=O)NNC(=O)COC(=O)/C=C/c1ccc(C)cc1Br. The van der Waals surface area contributed by atoms with Gasteiger partial charge in [0.1, 0.15) is 0 Å². The summed E-state index contributed by atoms with van der Waals surface area (Å²) in [7, 11) is 0. The van der Waals surface area contributed by atoms with Gasteiger partial charge in [0.05, 0.1) is 0 Å². The van der Waals surface area contributed by atoms with E-state index in [2.05, 4.69) is 26.8 Å². The second-order valence-electron chi connectivity index (χ2n) is 4.20. The van der Waals surface area contributed by atoms with Crippen LogP contribution in [0.15, 0.2) is 28.7 Å². The van der Waals surface area contributed by atoms with Gasteiger partial charge in [-0.25, -0.2) is 4.79 Å². The minimum Gasteiger partial charge on any atom is -0.452 e. The molecule has 112 valence electrons. The van der Waals surface area contributed by atoms with Gasteiger partial charge in [0.2, 0.25) is 5.91 Å². The molecule has 2 amide bonds. The van der Waals surface area contributed by atoms with E-state index in [1.807, 2.05) is 25.1 Å². The zero-order chi connectivity index (χ0) is 15.8. The molecular formula is C14H15BrN2O4. The van der Waals surface area contributed by atoms with Crippen LogP contribution >= 0.6 is 15.9 Å². The summed E-state index contributed by atoms with van der Waals surface area (Å²) in [5, 5.41) is 0. The lowest BCUT2D eigenvalue weighted by Crippen LogP contribution is -2.42. The van der Waals surface area contributed by atoms with E-state index in [1.54, 1.807) is 6.08 Å². The van der Waals surface area contributed by atoms with E-state index in [0.29, 0.717) is 0 Å². The molecule has 1 aromatic carbocycles. The Morgan fingerprint density at radius 3 is 2.62 bits per heavy atom. The molecule has 7 heteroatoms. The first-order valence-electron chi connectivity index (χ1n) is 6.05. The van der Waals surface area contributed by atoms with Gasteiger partial charge in [-0.05, 0) is 30.2 Å². The van der Waals surface area contributed by atoms with Crippen molar-refractivity contribution in [3.63, 3.8) is 0 Å². The minimum absolute atomic E-state index is 0.418. The first kappa shape index (κ1) is 16.9. The van der Waals surface area contributed by atoms with E-state index in [4.69, 9.17) is 4.74 Å². The summed E-state index contributed by atoms with van der Waals surface area (Å²) in [4.78, 5) is 33.2. The number of ether oxygens (including phenoxy) is 1. The topological polar surface area (TPSA) is 84.5 Å². The summed E-state index contributed by atoms with van der Waals surface area (Å²) < 4.78 is 5.57. The van der Waals surface area contributed by atoms with Crippen LogP contribution in [0.2, 0.25) is 0 Å². The van der Waals surface area contributed by atoms with Crippen LogP contribution in [0.4, 0.5) is 0 Å². The van der Waals surface area contributed by atoms with Crippen LogP contribution in [0, 0.1) is 6.92 Å². The van der Waals surface area contributed by atoms with Crippen molar-refractivity contribution in [2.24, 2.45) is 0 Å². The lowest BCUT2D eigenvalue weighted by molar-refractivity contribution is -0.144. The number of nitrogens with one attached hydrogen (secondary N) is 2. The minimum atomic E-state index is -0.652. The van der Waals surface area contributed by atoms with Gasteiger partial charge in [-0.3, -0.25) is 20.4 Å². The van der Waals surface area contributed by atoms with E-state index in [1.165, 1.54) is 13.0 Å². The highest BCUT2D eigenvalue weighted by Crippen LogP contribution is 2.19. The van der Waals surface area contributed by atoms with Gasteiger partial charge in [-0.1, -0.05) is 28.1 Å². The number of carbonyl (C=O) groups is 3. The van der Waals surface area contributed by atoms with Crippen molar-refractivity contribution in [1.82, 2.24) is 10.9 Å². The summed E-state index contributed by atoms with van der Waals surface area (Å²) in [6, 6.07) is 5.69. The first-order valence-corrected chi connectivity index (χ1v) is 6.84. The second kappa shape index (κ2) is 8.21. The number of amides is 2. The van der Waals surface area contributed by atoms with Gasteiger partial charge in [0.25, 0.3) is 5.91 Å². The fourth-order valence-electron chi connectivity index (χ4n) is 1.30. The third kappa shape index (κ3) is 6.71. The average Bonchev–Trinajstić information content (AvgIpc) is 2.41. The predicted molar refractivity (Wildman–Crippen MR) is 80.8 cm³/mol. The first-order chi connectivity index (χ1) is 9.88. The number of hydrogen-bond acceptors (Lipinski definition) is 4. The molecule has 0 saturated carbocycles. The average molecular weight is 355 g/mol. The van der Waals surface area contributed by atoms with Crippen LogP contribution in [-0.4, -0.2) is 24.4 Å². The van der Waals surface area contributed by atoms with E-state index >= 15 is 0 Å². The van der Waals surface area contributed by atoms with Gasteiger partial charge in [-0.15, -0.1) is 0 Å². The van der Waals surface area contributed by atoms with E-state index in [9.17, 15) is 14.4 Å². The predicted octanol–water partition coefficient (Wildman–Crippen LogP) is 1.48. The molecule has 0 heterocycles. The molecule has 21 heavy (non-hydrogen) atoms. The summed E-state index contributed by atoms with van der Waals surface area (Å²) in [6.07, 6.45) is 2.80. The molecule has 0 aliphatic carbocycles. The van der Waals surface area contributed by atoms with Gasteiger partial charge in [0, 0.05) is 17.5 Å². The third-order valence-electron chi connectivity index (χ3n) is 2.28. The standard InChI is InChI=1S/C14H15BrN2O4/c1-9-3-4-11(12(15)7-9)5-6-14(20)21-8-13(19)17-16-10(2)18/h3-7H,8H2,1-2H3,(H,16,18)(H,17,19)/b6-5+. The summed E-state index contributed by atoms with van der Waals surface area (Å²) in [6.45, 7) is 2.73. The highest BCUT2D eigenvalue weighted by atomic mass is 79.9. The Morgan fingerprint density at radius 1 is 1.29 bits per heavy atom. The molecule has 1 rings (SSSR count). The van der Waals surface area contributed by atoms with Gasteiger partial charge < -0.3 is 4.74 Å². The third-order valence-corrected chi connectivity index (χ3v) is 2.97. The fourth-order valence-corrected chi connectivity index (χ4v) is 1.93. The summed E-state index contributed by atoms with van der Waals surface area (Å²) in [5.41, 5.74) is 6.08. The quantitative estimate of drug-likeness (QED) is 0.487. The fraction of sp³-hybridized carbons (Fsp3) is 0.214. The lowest BCUT2D eigenvalue weighted by Gasteiger charge is -2.04. The van der Waals surface area contributed by atoms with Crippen molar-refractivity contribution in [2.45, 2.75) is 13.8 Å². The largest absolute Gasteiger partial charge is 0.452 e. The van der Waals surface area contributed by atoms with Crippen molar-refractivity contribution in [3.05, 3.63) is 39.9 Å². The molecule has 1 aromatic rings. The Kier molecular flexibility index (Phi) is 6.61. The number of aryl methyl sites for hydroxylation is 1. The van der Waals surface area contributed by atoms with Crippen LogP contribution in [0.1, 0.15) is 18.1 Å². The highest BCUT2D eigenvalue weighted by molar-refractivity contribution is 9.10. The molecule has 2 N–H and O–H groups in total. The maximum atomic E-state index is 11.4. The molecule has 0 atom stereocenters. The van der Waals surface area contributed by atoms with Crippen LogP contribution in [0.3, 0.4) is 0 Å². The van der Waals surface area contributed by atoms with Crippen molar-refractivity contribution >= 4 is 39.8 Å². The molecule has 0 radical (unpaired) electrons. The Balaban J connectivity index is 2.44. The van der Waals surface area contributed by atoms with Gasteiger partial charge in [0.15, 0.2) is 6.61 Å². The van der Waals surface area contributed by atoms with Crippen LogP contribution < -0.4 is 10.9 Å². The Morgan fingerprint density at radius 2 is 2.00 bits per heavy atom. The molecule has 0 fully saturated rings.